The Morgan fingerprint density at radius 1 is 1.16 bits per heavy atom. The number of aromatic nitrogens is 1. The van der Waals surface area contributed by atoms with Crippen molar-refractivity contribution in [3.8, 4) is 0 Å². The molecule has 0 bridgehead atoms. The van der Waals surface area contributed by atoms with Gasteiger partial charge < -0.3 is 4.90 Å². The Hall–Kier alpha value is -1.52. The Morgan fingerprint density at radius 3 is 2.52 bits per heavy atom. The van der Waals surface area contributed by atoms with Crippen molar-refractivity contribution in [3.05, 3.63) is 24.5 Å². The van der Waals surface area contributed by atoms with Crippen LogP contribution in [0.5, 0.6) is 0 Å². The molecule has 2 saturated heterocycles. The largest absolute Gasteiger partial charge is 0.335 e. The minimum Gasteiger partial charge on any atom is -0.335 e. The zero-order valence-corrected chi connectivity index (χ0v) is 15.1. The van der Waals surface area contributed by atoms with Crippen molar-refractivity contribution in [2.24, 2.45) is 5.92 Å². The van der Waals surface area contributed by atoms with Gasteiger partial charge in [-0.2, -0.15) is 4.31 Å². The Kier molecular flexibility index (Phi) is 3.89. The topological polar surface area (TPSA) is 105 Å². The summed E-state index contributed by atoms with van der Waals surface area (Å²) in [6, 6.07) is 1.65. The molecule has 0 spiro atoms. The predicted octanol–water partition coefficient (Wildman–Crippen LogP) is -0.510. The second-order valence-electron chi connectivity index (χ2n) is 6.82. The lowest BCUT2D eigenvalue weighted by molar-refractivity contribution is -0.137. The molecular weight excluding hydrogens is 366 g/mol. The lowest BCUT2D eigenvalue weighted by Gasteiger charge is -2.43. The van der Waals surface area contributed by atoms with Gasteiger partial charge in [0.1, 0.15) is 4.90 Å². The number of carbonyl (C=O) groups is 1. The predicted molar refractivity (Wildman–Crippen MR) is 88.8 cm³/mol. The van der Waals surface area contributed by atoms with Crippen LogP contribution in [-0.2, 0) is 24.7 Å². The van der Waals surface area contributed by atoms with Crippen LogP contribution in [0.2, 0.25) is 0 Å². The van der Waals surface area contributed by atoms with Crippen molar-refractivity contribution in [2.45, 2.75) is 29.8 Å². The van der Waals surface area contributed by atoms with Gasteiger partial charge in [0.2, 0.25) is 15.9 Å². The van der Waals surface area contributed by atoms with Crippen molar-refractivity contribution in [1.82, 2.24) is 14.2 Å². The normalized spacial score (nSPS) is 29.4. The van der Waals surface area contributed by atoms with Crippen LogP contribution < -0.4 is 0 Å². The second kappa shape index (κ2) is 5.75. The van der Waals surface area contributed by atoms with Gasteiger partial charge in [0.25, 0.3) is 0 Å². The van der Waals surface area contributed by atoms with Gasteiger partial charge in [-0.1, -0.05) is 0 Å². The molecule has 1 aromatic rings. The van der Waals surface area contributed by atoms with E-state index in [2.05, 4.69) is 4.98 Å². The van der Waals surface area contributed by atoms with Crippen molar-refractivity contribution < 1.29 is 21.6 Å². The van der Waals surface area contributed by atoms with E-state index < -0.39 is 31.9 Å². The van der Waals surface area contributed by atoms with Crippen LogP contribution in [0, 0.1) is 5.92 Å². The number of nitrogens with zero attached hydrogens (tertiary/aromatic N) is 3. The number of carbonyl (C=O) groups excluding carboxylic acids is 1. The lowest BCUT2D eigenvalue weighted by atomic mass is 10.1. The standard InChI is InChI=1S/C15H19N3O5S2/c19-15(11-3-4-11)17-6-7-18(14-10-24(20,21)9-13(14)17)25(22,23)12-2-1-5-16-8-12/h1-2,5,8,11,13-14H,3-4,6-7,9-10H2/t13-,14+/m1/s1. The monoisotopic (exact) mass is 385 g/mol. The molecule has 1 aliphatic carbocycles. The van der Waals surface area contributed by atoms with Gasteiger partial charge in [-0.05, 0) is 25.0 Å². The van der Waals surface area contributed by atoms with Gasteiger partial charge in [-0.25, -0.2) is 16.8 Å². The second-order valence-corrected chi connectivity index (χ2v) is 10.9. The zero-order valence-electron chi connectivity index (χ0n) is 13.5. The fraction of sp³-hybridized carbons (Fsp3) is 0.600. The number of fused-ring (bicyclic) bond motifs is 1. The van der Waals surface area contributed by atoms with Crippen molar-refractivity contribution >= 4 is 25.8 Å². The molecule has 0 radical (unpaired) electrons. The molecule has 1 amide bonds. The number of hydrogen-bond donors (Lipinski definition) is 0. The number of pyridine rings is 1. The number of piperazine rings is 1. The molecule has 3 aliphatic rings. The third-order valence-electron chi connectivity index (χ3n) is 5.08. The molecule has 3 heterocycles. The zero-order chi connectivity index (χ0) is 17.8. The SMILES string of the molecule is O=C(C1CC1)N1CCN(S(=O)(=O)c2cccnc2)[C@H]2CS(=O)(=O)C[C@H]21. The lowest BCUT2D eigenvalue weighted by Crippen LogP contribution is -2.62. The summed E-state index contributed by atoms with van der Waals surface area (Å²) in [5.74, 6) is -0.475. The molecule has 2 atom stereocenters. The first-order valence-corrected chi connectivity index (χ1v) is 11.5. The number of hydrogen-bond acceptors (Lipinski definition) is 6. The molecule has 0 N–H and O–H groups in total. The van der Waals surface area contributed by atoms with Crippen LogP contribution in [0.1, 0.15) is 12.8 Å². The molecule has 3 fully saturated rings. The molecule has 0 aromatic carbocycles. The number of rotatable bonds is 3. The molecule has 8 nitrogen and oxygen atoms in total. The maximum absolute atomic E-state index is 13.0. The first kappa shape index (κ1) is 16.9. The molecule has 25 heavy (non-hydrogen) atoms. The smallest absolute Gasteiger partial charge is 0.245 e. The van der Waals surface area contributed by atoms with Crippen molar-refractivity contribution in [2.75, 3.05) is 24.6 Å². The van der Waals surface area contributed by atoms with E-state index in [-0.39, 0.29) is 41.3 Å². The molecule has 1 saturated carbocycles. The first-order chi connectivity index (χ1) is 11.8. The number of amides is 1. The highest BCUT2D eigenvalue weighted by atomic mass is 32.2. The number of sulfonamides is 1. The summed E-state index contributed by atoms with van der Waals surface area (Å²) >= 11 is 0. The fourth-order valence-corrected chi connectivity index (χ4v) is 7.38. The van der Waals surface area contributed by atoms with Gasteiger partial charge in [0, 0.05) is 31.4 Å². The van der Waals surface area contributed by atoms with Crippen molar-refractivity contribution in [3.63, 3.8) is 0 Å². The van der Waals surface area contributed by atoms with E-state index in [4.69, 9.17) is 0 Å². The molecule has 136 valence electrons. The van der Waals surface area contributed by atoms with E-state index in [1.807, 2.05) is 0 Å². The average molecular weight is 385 g/mol. The molecule has 4 rings (SSSR count). The van der Waals surface area contributed by atoms with Gasteiger partial charge in [0.15, 0.2) is 9.84 Å². The van der Waals surface area contributed by atoms with Gasteiger partial charge >= 0.3 is 0 Å². The van der Waals surface area contributed by atoms with Crippen LogP contribution in [-0.4, -0.2) is 73.6 Å². The van der Waals surface area contributed by atoms with Crippen molar-refractivity contribution in [1.29, 1.82) is 0 Å². The third kappa shape index (κ3) is 2.96. The average Bonchev–Trinajstić information content (AvgIpc) is 3.36. The summed E-state index contributed by atoms with van der Waals surface area (Å²) in [5, 5.41) is 0. The van der Waals surface area contributed by atoms with E-state index in [1.165, 1.54) is 28.8 Å². The highest BCUT2D eigenvalue weighted by Crippen LogP contribution is 2.36. The van der Waals surface area contributed by atoms with E-state index in [9.17, 15) is 21.6 Å². The Balaban J connectivity index is 1.68. The van der Waals surface area contributed by atoms with Gasteiger partial charge in [-0.3, -0.25) is 9.78 Å². The van der Waals surface area contributed by atoms with Gasteiger partial charge in [0.05, 0.1) is 23.6 Å². The summed E-state index contributed by atoms with van der Waals surface area (Å²) in [4.78, 5) is 18.0. The molecule has 1 aromatic heterocycles. The molecule has 0 unspecified atom stereocenters. The maximum Gasteiger partial charge on any atom is 0.245 e. The third-order valence-corrected chi connectivity index (χ3v) is 8.68. The highest BCUT2D eigenvalue weighted by Gasteiger charge is 2.52. The fourth-order valence-electron chi connectivity index (χ4n) is 3.69. The molecular formula is C15H19N3O5S2. The van der Waals surface area contributed by atoms with E-state index in [1.54, 1.807) is 4.90 Å². The van der Waals surface area contributed by atoms with Gasteiger partial charge in [-0.15, -0.1) is 0 Å². The maximum atomic E-state index is 13.0. The van der Waals surface area contributed by atoms with E-state index in [0.29, 0.717) is 0 Å². The Labute approximate surface area is 146 Å². The summed E-state index contributed by atoms with van der Waals surface area (Å²) < 4.78 is 51.5. The highest BCUT2D eigenvalue weighted by molar-refractivity contribution is 7.92. The quantitative estimate of drug-likeness (QED) is 0.694. The molecule has 10 heteroatoms. The Bertz CT molecular complexity index is 896. The van der Waals surface area contributed by atoms with Crippen LogP contribution >= 0.6 is 0 Å². The summed E-state index contributed by atoms with van der Waals surface area (Å²) in [6.07, 6.45) is 4.40. The summed E-state index contributed by atoms with van der Waals surface area (Å²) in [5.41, 5.74) is 0. The summed E-state index contributed by atoms with van der Waals surface area (Å²) in [7, 11) is -7.24. The van der Waals surface area contributed by atoms with E-state index in [0.717, 1.165) is 12.8 Å². The van der Waals surface area contributed by atoms with Crippen LogP contribution in [0.4, 0.5) is 0 Å². The van der Waals surface area contributed by atoms with Crippen LogP contribution in [0.15, 0.2) is 29.4 Å². The Morgan fingerprint density at radius 2 is 1.88 bits per heavy atom. The number of sulfone groups is 1. The first-order valence-electron chi connectivity index (χ1n) is 8.22. The van der Waals surface area contributed by atoms with E-state index >= 15 is 0 Å². The summed E-state index contributed by atoms with van der Waals surface area (Å²) in [6.45, 7) is 0.331. The minimum absolute atomic E-state index is 0.0227. The molecule has 2 aliphatic heterocycles. The van der Waals surface area contributed by atoms with Crippen LogP contribution in [0.25, 0.3) is 0 Å². The minimum atomic E-state index is -3.85. The van der Waals surface area contributed by atoms with Crippen LogP contribution in [0.3, 0.4) is 0 Å².